The predicted octanol–water partition coefficient (Wildman–Crippen LogP) is 5.19. The maximum atomic E-state index is 10.9. The van der Waals surface area contributed by atoms with Gasteiger partial charge in [0.15, 0.2) is 0 Å². The number of nitrogens with zero attached hydrogens (tertiary/aromatic N) is 1. The quantitative estimate of drug-likeness (QED) is 0.583. The largest absolute Gasteiger partial charge is 0.381 e. The Labute approximate surface area is 136 Å². The number of rotatable bonds is 5. The van der Waals surface area contributed by atoms with Crippen molar-refractivity contribution >= 4 is 38.9 Å². The summed E-state index contributed by atoms with van der Waals surface area (Å²) in [5.41, 5.74) is 2.96. The Kier molecular flexibility index (Phi) is 5.20. The molecule has 0 amide bonds. The molecule has 0 unspecified atom stereocenters. The van der Waals surface area contributed by atoms with Crippen LogP contribution in [0.1, 0.15) is 18.1 Å². The number of hydrogen-bond acceptors (Lipinski definition) is 3. The van der Waals surface area contributed by atoms with Crippen molar-refractivity contribution in [1.29, 1.82) is 0 Å². The first kappa shape index (κ1) is 15.8. The molecule has 0 aliphatic carbocycles. The summed E-state index contributed by atoms with van der Waals surface area (Å²) in [5.74, 6) is 0. The van der Waals surface area contributed by atoms with E-state index in [0.717, 1.165) is 22.1 Å². The monoisotopic (exact) mass is 368 g/mol. The lowest BCUT2D eigenvalue weighted by molar-refractivity contribution is -0.384. The highest BCUT2D eigenvalue weighted by atomic mass is 79.9. The van der Waals surface area contributed by atoms with Crippen LogP contribution in [0.15, 0.2) is 40.9 Å². The molecule has 0 saturated carbocycles. The van der Waals surface area contributed by atoms with E-state index in [1.165, 1.54) is 11.6 Å². The van der Waals surface area contributed by atoms with Crippen LogP contribution in [0.4, 0.5) is 11.4 Å². The average Bonchev–Trinajstić information content (AvgIpc) is 2.46. The van der Waals surface area contributed by atoms with E-state index >= 15 is 0 Å². The molecule has 21 heavy (non-hydrogen) atoms. The molecule has 0 aromatic heterocycles. The number of anilines is 1. The highest BCUT2D eigenvalue weighted by Crippen LogP contribution is 2.26. The van der Waals surface area contributed by atoms with Gasteiger partial charge in [-0.2, -0.15) is 0 Å². The fourth-order valence-electron chi connectivity index (χ4n) is 2.03. The predicted molar refractivity (Wildman–Crippen MR) is 89.0 cm³/mol. The molecule has 0 aliphatic heterocycles. The van der Waals surface area contributed by atoms with Crippen LogP contribution in [0, 0.1) is 10.1 Å². The van der Waals surface area contributed by atoms with Crippen LogP contribution in [0.5, 0.6) is 0 Å². The number of nitro groups is 1. The number of aryl methyl sites for hydroxylation is 1. The highest BCUT2D eigenvalue weighted by molar-refractivity contribution is 9.10. The first-order chi connectivity index (χ1) is 10.0. The highest BCUT2D eigenvalue weighted by Gasteiger charge is 2.12. The van der Waals surface area contributed by atoms with Crippen LogP contribution in [-0.2, 0) is 13.0 Å². The van der Waals surface area contributed by atoms with Gasteiger partial charge in [0, 0.05) is 22.8 Å². The van der Waals surface area contributed by atoms with Crippen LogP contribution in [0.25, 0.3) is 0 Å². The van der Waals surface area contributed by atoms with Gasteiger partial charge in [0.1, 0.15) is 5.02 Å². The van der Waals surface area contributed by atoms with Crippen LogP contribution < -0.4 is 5.32 Å². The lowest BCUT2D eigenvalue weighted by atomic mass is 10.1. The average molecular weight is 370 g/mol. The Bertz CT molecular complexity index is 677. The Hall–Kier alpha value is -1.59. The van der Waals surface area contributed by atoms with Gasteiger partial charge < -0.3 is 5.32 Å². The summed E-state index contributed by atoms with van der Waals surface area (Å²) in [6.45, 7) is 2.59. The van der Waals surface area contributed by atoms with Gasteiger partial charge in [0.2, 0.25) is 0 Å². The molecular formula is C15H14BrClN2O2. The second-order valence-electron chi connectivity index (χ2n) is 4.55. The van der Waals surface area contributed by atoms with Gasteiger partial charge in [-0.3, -0.25) is 10.1 Å². The summed E-state index contributed by atoms with van der Waals surface area (Å²) < 4.78 is 1.03. The van der Waals surface area contributed by atoms with Crippen molar-refractivity contribution in [2.75, 3.05) is 5.32 Å². The third-order valence-electron chi connectivity index (χ3n) is 3.14. The first-order valence-electron chi connectivity index (χ1n) is 6.46. The van der Waals surface area contributed by atoms with Crippen molar-refractivity contribution < 1.29 is 4.92 Å². The topological polar surface area (TPSA) is 55.2 Å². The zero-order valence-corrected chi connectivity index (χ0v) is 13.7. The minimum Gasteiger partial charge on any atom is -0.381 e. The number of halogens is 2. The molecule has 6 heteroatoms. The third-order valence-corrected chi connectivity index (χ3v) is 3.95. The molecule has 0 saturated heterocycles. The van der Waals surface area contributed by atoms with Crippen LogP contribution >= 0.6 is 27.5 Å². The minimum absolute atomic E-state index is 0.0671. The van der Waals surface area contributed by atoms with Crippen LogP contribution in [-0.4, -0.2) is 4.92 Å². The van der Waals surface area contributed by atoms with E-state index in [1.807, 2.05) is 12.1 Å². The van der Waals surface area contributed by atoms with E-state index < -0.39 is 4.92 Å². The molecule has 0 spiro atoms. The zero-order valence-electron chi connectivity index (χ0n) is 11.4. The molecule has 110 valence electrons. The SMILES string of the molecule is CCc1cc(Br)ccc1NCc1ccc(Cl)c([N+](=O)[O-])c1. The van der Waals surface area contributed by atoms with Crippen molar-refractivity contribution in [3.05, 3.63) is 67.1 Å². The molecule has 2 aromatic rings. The summed E-state index contributed by atoms with van der Waals surface area (Å²) in [4.78, 5) is 10.4. The molecule has 4 nitrogen and oxygen atoms in total. The van der Waals surface area contributed by atoms with Gasteiger partial charge in [0.25, 0.3) is 5.69 Å². The second-order valence-corrected chi connectivity index (χ2v) is 5.87. The first-order valence-corrected chi connectivity index (χ1v) is 7.63. The molecule has 0 heterocycles. The molecule has 0 atom stereocenters. The van der Waals surface area contributed by atoms with E-state index in [9.17, 15) is 10.1 Å². The lowest BCUT2D eigenvalue weighted by Gasteiger charge is -2.11. The van der Waals surface area contributed by atoms with Gasteiger partial charge in [-0.25, -0.2) is 0 Å². The molecule has 0 radical (unpaired) electrons. The van der Waals surface area contributed by atoms with Crippen molar-refractivity contribution in [2.24, 2.45) is 0 Å². The maximum Gasteiger partial charge on any atom is 0.288 e. The third kappa shape index (κ3) is 3.95. The summed E-state index contributed by atoms with van der Waals surface area (Å²) in [5, 5.41) is 14.3. The minimum atomic E-state index is -0.469. The fraction of sp³-hybridized carbons (Fsp3) is 0.200. The Balaban J connectivity index is 2.17. The Morgan fingerprint density at radius 1 is 1.29 bits per heavy atom. The lowest BCUT2D eigenvalue weighted by Crippen LogP contribution is -2.03. The summed E-state index contributed by atoms with van der Waals surface area (Å²) in [7, 11) is 0. The van der Waals surface area contributed by atoms with Crippen molar-refractivity contribution in [3.8, 4) is 0 Å². The number of nitro benzene ring substituents is 1. The number of hydrogen-bond donors (Lipinski definition) is 1. The van der Waals surface area contributed by atoms with Gasteiger partial charge in [0.05, 0.1) is 4.92 Å². The van der Waals surface area contributed by atoms with E-state index in [2.05, 4.69) is 34.2 Å². The normalized spacial score (nSPS) is 10.4. The molecular weight excluding hydrogens is 356 g/mol. The molecule has 0 bridgehead atoms. The number of nitrogens with one attached hydrogen (secondary N) is 1. The van der Waals surface area contributed by atoms with Gasteiger partial charge in [-0.1, -0.05) is 40.5 Å². The molecule has 1 N–H and O–H groups in total. The molecule has 0 fully saturated rings. The molecule has 0 aliphatic rings. The summed E-state index contributed by atoms with van der Waals surface area (Å²) in [6, 6.07) is 10.9. The summed E-state index contributed by atoms with van der Waals surface area (Å²) >= 11 is 9.26. The molecule has 2 rings (SSSR count). The maximum absolute atomic E-state index is 10.9. The van der Waals surface area contributed by atoms with Gasteiger partial charge in [-0.15, -0.1) is 0 Å². The van der Waals surface area contributed by atoms with Crippen molar-refractivity contribution in [2.45, 2.75) is 19.9 Å². The molecule has 2 aromatic carbocycles. The number of benzene rings is 2. The van der Waals surface area contributed by atoms with Crippen LogP contribution in [0.3, 0.4) is 0 Å². The van der Waals surface area contributed by atoms with E-state index in [4.69, 9.17) is 11.6 Å². The zero-order chi connectivity index (χ0) is 15.4. The second kappa shape index (κ2) is 6.91. The van der Waals surface area contributed by atoms with Crippen molar-refractivity contribution in [1.82, 2.24) is 0 Å². The summed E-state index contributed by atoms with van der Waals surface area (Å²) in [6.07, 6.45) is 0.905. The Morgan fingerprint density at radius 3 is 2.71 bits per heavy atom. The van der Waals surface area contributed by atoms with Gasteiger partial charge in [-0.05, 0) is 41.8 Å². The smallest absolute Gasteiger partial charge is 0.288 e. The van der Waals surface area contributed by atoms with Crippen molar-refractivity contribution in [3.63, 3.8) is 0 Å². The van der Waals surface area contributed by atoms with E-state index in [0.29, 0.717) is 6.54 Å². The Morgan fingerprint density at radius 2 is 2.05 bits per heavy atom. The van der Waals surface area contributed by atoms with Gasteiger partial charge >= 0.3 is 0 Å². The van der Waals surface area contributed by atoms with Crippen LogP contribution in [0.2, 0.25) is 5.02 Å². The van der Waals surface area contributed by atoms with E-state index in [-0.39, 0.29) is 10.7 Å². The standard InChI is InChI=1S/C15H14BrClN2O2/c1-2-11-8-12(16)4-6-14(11)18-9-10-3-5-13(17)15(7-10)19(20)21/h3-8,18H,2,9H2,1H3. The fourth-order valence-corrected chi connectivity index (χ4v) is 2.63. The van der Waals surface area contributed by atoms with E-state index in [1.54, 1.807) is 12.1 Å².